The predicted molar refractivity (Wildman–Crippen MR) is 127 cm³/mol. The molecule has 0 amide bonds. The van der Waals surface area contributed by atoms with Crippen molar-refractivity contribution >= 4 is 23.2 Å². The van der Waals surface area contributed by atoms with Crippen molar-refractivity contribution < 1.29 is 23.8 Å². The molecule has 33 heavy (non-hydrogen) atoms. The lowest BCUT2D eigenvalue weighted by Gasteiger charge is -2.44. The van der Waals surface area contributed by atoms with Gasteiger partial charge in [-0.3, -0.25) is 9.59 Å². The van der Waals surface area contributed by atoms with Crippen LogP contribution in [0.5, 0.6) is 11.5 Å². The number of Topliss-reactive ketones (excluding diaryl/α,β-unsaturated/α-hetero) is 2. The van der Waals surface area contributed by atoms with E-state index < -0.39 is 5.92 Å². The Morgan fingerprint density at radius 3 is 2.24 bits per heavy atom. The van der Waals surface area contributed by atoms with Crippen LogP contribution in [-0.2, 0) is 14.3 Å². The summed E-state index contributed by atoms with van der Waals surface area (Å²) in [6.45, 7) is 5.11. The summed E-state index contributed by atoms with van der Waals surface area (Å²) in [6.07, 6.45) is 5.82. The molecule has 0 unspecified atom stereocenters. The highest BCUT2D eigenvalue weighted by Crippen LogP contribution is 2.51. The second-order valence-electron chi connectivity index (χ2n) is 8.49. The van der Waals surface area contributed by atoms with Gasteiger partial charge in [0.25, 0.3) is 0 Å². The maximum atomic E-state index is 13.3. The van der Waals surface area contributed by atoms with Crippen LogP contribution in [0.3, 0.4) is 0 Å². The van der Waals surface area contributed by atoms with Gasteiger partial charge < -0.3 is 19.1 Å². The summed E-state index contributed by atoms with van der Waals surface area (Å²) in [5, 5.41) is 0.379. The van der Waals surface area contributed by atoms with Crippen LogP contribution in [0.15, 0.2) is 47.3 Å². The third kappa shape index (κ3) is 4.34. The van der Waals surface area contributed by atoms with E-state index in [1.54, 1.807) is 26.4 Å². The van der Waals surface area contributed by atoms with Gasteiger partial charge in [0, 0.05) is 55.0 Å². The minimum Gasteiger partial charge on any atom is -0.493 e. The van der Waals surface area contributed by atoms with Crippen molar-refractivity contribution in [2.45, 2.75) is 44.4 Å². The molecule has 1 aromatic rings. The summed E-state index contributed by atoms with van der Waals surface area (Å²) in [5.41, 5.74) is 4.24. The molecule has 0 spiro atoms. The highest BCUT2D eigenvalue weighted by molar-refractivity contribution is 6.32. The number of nitrogens with zero attached hydrogens (tertiary/aromatic N) is 1. The van der Waals surface area contributed by atoms with Gasteiger partial charge in [-0.05, 0) is 43.4 Å². The molecule has 176 valence electrons. The Bertz CT molecular complexity index is 997. The van der Waals surface area contributed by atoms with Crippen LogP contribution >= 0.6 is 11.6 Å². The van der Waals surface area contributed by atoms with Gasteiger partial charge in [-0.15, -0.1) is 0 Å². The number of carbonyl (C=O) groups excluding carboxylic acids is 2. The maximum Gasteiger partial charge on any atom is 0.180 e. The normalized spacial score (nSPS) is 18.9. The molecule has 0 N–H and O–H groups in total. The van der Waals surface area contributed by atoms with Crippen molar-refractivity contribution in [1.82, 2.24) is 4.90 Å². The minimum absolute atomic E-state index is 0.0932. The van der Waals surface area contributed by atoms with Gasteiger partial charge in [0.2, 0.25) is 0 Å². The number of hydrogen-bond donors (Lipinski definition) is 0. The lowest BCUT2D eigenvalue weighted by Crippen LogP contribution is -2.40. The van der Waals surface area contributed by atoms with E-state index in [4.69, 9.17) is 25.8 Å². The first kappa shape index (κ1) is 23.6. The molecule has 1 heterocycles. The van der Waals surface area contributed by atoms with Gasteiger partial charge >= 0.3 is 0 Å². The van der Waals surface area contributed by atoms with Crippen LogP contribution in [0.4, 0.5) is 0 Å². The van der Waals surface area contributed by atoms with E-state index in [2.05, 4.69) is 11.5 Å². The molecular formula is C26H30ClNO5. The molecule has 0 saturated carbocycles. The average molecular weight is 472 g/mol. The first-order valence-corrected chi connectivity index (χ1v) is 11.8. The maximum absolute atomic E-state index is 13.3. The molecule has 0 aromatic heterocycles. The summed E-state index contributed by atoms with van der Waals surface area (Å²) < 4.78 is 16.6. The van der Waals surface area contributed by atoms with Crippen molar-refractivity contribution in [3.63, 3.8) is 0 Å². The molecule has 0 bridgehead atoms. The van der Waals surface area contributed by atoms with E-state index in [-0.39, 0.29) is 18.2 Å². The van der Waals surface area contributed by atoms with E-state index in [1.165, 1.54) is 0 Å². The highest BCUT2D eigenvalue weighted by Gasteiger charge is 2.43. The molecule has 1 aromatic carbocycles. The molecule has 6 nitrogen and oxygen atoms in total. The van der Waals surface area contributed by atoms with Crippen molar-refractivity contribution in [3.05, 3.63) is 57.9 Å². The van der Waals surface area contributed by atoms with Crippen molar-refractivity contribution in [3.8, 4) is 11.5 Å². The van der Waals surface area contributed by atoms with Gasteiger partial charge in [0.05, 0.1) is 18.7 Å². The Kier molecular flexibility index (Phi) is 7.25. The summed E-state index contributed by atoms with van der Waals surface area (Å²) >= 11 is 6.62. The minimum atomic E-state index is -0.450. The molecule has 0 radical (unpaired) electrons. The lowest BCUT2D eigenvalue weighted by atomic mass is 9.71. The third-order valence-electron chi connectivity index (χ3n) is 6.54. The lowest BCUT2D eigenvalue weighted by molar-refractivity contribution is -0.117. The molecule has 1 aliphatic heterocycles. The number of carbonyl (C=O) groups is 2. The average Bonchev–Trinajstić information content (AvgIpc) is 2.81. The fraction of sp³-hybridized carbons (Fsp3) is 0.462. The Balaban J connectivity index is 1.91. The van der Waals surface area contributed by atoms with Gasteiger partial charge in [0.1, 0.15) is 6.61 Å². The Morgan fingerprint density at radius 1 is 1.06 bits per heavy atom. The summed E-state index contributed by atoms with van der Waals surface area (Å²) in [4.78, 5) is 28.8. The largest absolute Gasteiger partial charge is 0.493 e. The van der Waals surface area contributed by atoms with E-state index in [9.17, 15) is 9.59 Å². The topological polar surface area (TPSA) is 65.1 Å². The zero-order valence-electron chi connectivity index (χ0n) is 19.2. The molecule has 0 fully saturated rings. The second-order valence-corrected chi connectivity index (χ2v) is 8.89. The van der Waals surface area contributed by atoms with E-state index in [1.807, 2.05) is 6.07 Å². The second kappa shape index (κ2) is 10.1. The SMILES string of the molecule is C=CCOc1c(Cl)cc(C2C3=C(CCCC3=O)N(CCOC)C3=C2C(=O)CCC3)cc1OC. The van der Waals surface area contributed by atoms with Crippen LogP contribution < -0.4 is 9.47 Å². The smallest absolute Gasteiger partial charge is 0.180 e. The summed E-state index contributed by atoms with van der Waals surface area (Å²) in [7, 11) is 3.22. The highest BCUT2D eigenvalue weighted by atomic mass is 35.5. The number of halogens is 1. The number of allylic oxidation sites excluding steroid dienone is 4. The molecule has 0 saturated heterocycles. The van der Waals surface area contributed by atoms with E-state index in [0.717, 1.165) is 42.6 Å². The Hall–Kier alpha value is -2.57. The first-order chi connectivity index (χ1) is 16.0. The van der Waals surface area contributed by atoms with Crippen LogP contribution in [0, 0.1) is 0 Å². The van der Waals surface area contributed by atoms with Crippen molar-refractivity contribution in [1.29, 1.82) is 0 Å². The van der Waals surface area contributed by atoms with Gasteiger partial charge in [-0.2, -0.15) is 0 Å². The Labute approximate surface area is 199 Å². The number of rotatable bonds is 8. The molecule has 0 atom stereocenters. The van der Waals surface area contributed by atoms with Gasteiger partial charge in [-0.25, -0.2) is 0 Å². The predicted octanol–water partition coefficient (Wildman–Crippen LogP) is 4.97. The van der Waals surface area contributed by atoms with Gasteiger partial charge in [-0.1, -0.05) is 24.3 Å². The summed E-state index contributed by atoms with van der Waals surface area (Å²) in [5.74, 6) is 0.631. The van der Waals surface area contributed by atoms with Crippen LogP contribution in [-0.4, -0.2) is 50.4 Å². The fourth-order valence-electron chi connectivity index (χ4n) is 5.19. The Morgan fingerprint density at radius 2 is 1.70 bits per heavy atom. The fourth-order valence-corrected chi connectivity index (χ4v) is 5.46. The quantitative estimate of drug-likeness (QED) is 0.498. The zero-order chi connectivity index (χ0) is 23.5. The number of methoxy groups -OCH3 is 2. The molecule has 7 heteroatoms. The van der Waals surface area contributed by atoms with Crippen LogP contribution in [0.1, 0.15) is 50.0 Å². The van der Waals surface area contributed by atoms with E-state index >= 15 is 0 Å². The van der Waals surface area contributed by atoms with Crippen LogP contribution in [0.25, 0.3) is 0 Å². The third-order valence-corrected chi connectivity index (χ3v) is 6.82. The monoisotopic (exact) mass is 471 g/mol. The number of hydrogen-bond acceptors (Lipinski definition) is 6. The number of ether oxygens (including phenoxy) is 3. The molecular weight excluding hydrogens is 442 g/mol. The molecule has 2 aliphatic carbocycles. The zero-order valence-corrected chi connectivity index (χ0v) is 20.0. The molecule has 3 aliphatic rings. The van der Waals surface area contributed by atoms with E-state index in [0.29, 0.717) is 53.7 Å². The van der Waals surface area contributed by atoms with Crippen molar-refractivity contribution in [2.75, 3.05) is 34.0 Å². The molecule has 4 rings (SSSR count). The van der Waals surface area contributed by atoms with Gasteiger partial charge in [0.15, 0.2) is 23.1 Å². The number of benzene rings is 1. The van der Waals surface area contributed by atoms with Crippen molar-refractivity contribution in [2.24, 2.45) is 0 Å². The van der Waals surface area contributed by atoms with Crippen LogP contribution in [0.2, 0.25) is 5.02 Å². The first-order valence-electron chi connectivity index (χ1n) is 11.4. The number of ketones is 2. The summed E-state index contributed by atoms with van der Waals surface area (Å²) in [6, 6.07) is 3.65. The standard InChI is InChI=1S/C26H30ClNO5/c1-4-12-33-26-17(27)14-16(15-22(26)32-3)23-24-18(7-5-9-20(24)29)28(11-13-31-2)19-8-6-10-21(30)25(19)23/h4,14-15,23H,1,5-13H2,2-3H3.